The summed E-state index contributed by atoms with van der Waals surface area (Å²) in [6.45, 7) is 1.85. The van der Waals surface area contributed by atoms with E-state index in [0.29, 0.717) is 5.75 Å². The van der Waals surface area contributed by atoms with Gasteiger partial charge in [0.2, 0.25) is 0 Å². The molecule has 1 aromatic carbocycles. The summed E-state index contributed by atoms with van der Waals surface area (Å²) in [7, 11) is 1.44. The van der Waals surface area contributed by atoms with Crippen molar-refractivity contribution in [3.63, 3.8) is 0 Å². The summed E-state index contributed by atoms with van der Waals surface area (Å²) in [6.07, 6.45) is 0. The number of methoxy groups -OCH3 is 1. The molecule has 1 aromatic rings. The quantitative estimate of drug-likeness (QED) is 0.797. The monoisotopic (exact) mass is 276 g/mol. The number of benzene rings is 1. The van der Waals surface area contributed by atoms with Gasteiger partial charge in [0.25, 0.3) is 0 Å². The third kappa shape index (κ3) is 2.47. The topological polar surface area (TPSA) is 35.5 Å². The van der Waals surface area contributed by atoms with Crippen LogP contribution in [-0.2, 0) is 4.74 Å². The van der Waals surface area contributed by atoms with Crippen molar-refractivity contribution in [3.8, 4) is 5.75 Å². The van der Waals surface area contributed by atoms with E-state index in [4.69, 9.17) is 9.47 Å². The van der Waals surface area contributed by atoms with Crippen LogP contribution in [0.1, 0.15) is 17.3 Å². The zero-order valence-electron chi connectivity index (χ0n) is 8.34. The molecule has 0 radical (unpaired) electrons. The first kappa shape index (κ1) is 12.0. The van der Waals surface area contributed by atoms with Gasteiger partial charge >= 0.3 is 5.97 Å². The normalized spacial score (nSPS) is 9.87. The van der Waals surface area contributed by atoms with Crippen molar-refractivity contribution in [2.24, 2.45) is 0 Å². The fraction of sp³-hybridized carbons (Fsp3) is 0.300. The summed E-state index contributed by atoms with van der Waals surface area (Å²) in [5.41, 5.74) is -0.142. The highest BCUT2D eigenvalue weighted by atomic mass is 79.9. The van der Waals surface area contributed by atoms with Gasteiger partial charge in [0.1, 0.15) is 17.1 Å². The number of carbonyl (C=O) groups excluding carboxylic acids is 1. The average molecular weight is 277 g/mol. The van der Waals surface area contributed by atoms with Crippen molar-refractivity contribution in [3.05, 3.63) is 28.0 Å². The summed E-state index contributed by atoms with van der Waals surface area (Å²) < 4.78 is 23.3. The first-order valence-corrected chi connectivity index (χ1v) is 5.10. The van der Waals surface area contributed by atoms with Crippen molar-refractivity contribution in [1.82, 2.24) is 0 Å². The molecule has 0 spiro atoms. The van der Waals surface area contributed by atoms with Crippen LogP contribution >= 0.6 is 15.9 Å². The van der Waals surface area contributed by atoms with E-state index in [9.17, 15) is 9.18 Å². The molecule has 0 bridgehead atoms. The lowest BCUT2D eigenvalue weighted by Gasteiger charge is -2.09. The summed E-state index contributed by atoms with van der Waals surface area (Å²) in [6, 6.07) is 2.60. The van der Waals surface area contributed by atoms with E-state index in [-0.39, 0.29) is 16.6 Å². The van der Waals surface area contributed by atoms with Gasteiger partial charge in [-0.15, -0.1) is 0 Å². The van der Waals surface area contributed by atoms with E-state index in [1.807, 2.05) is 0 Å². The smallest absolute Gasteiger partial charge is 0.342 e. The molecule has 0 heterocycles. The minimum atomic E-state index is -0.708. The molecule has 0 N–H and O–H groups in total. The highest BCUT2D eigenvalue weighted by molar-refractivity contribution is 9.10. The van der Waals surface area contributed by atoms with E-state index in [1.165, 1.54) is 13.2 Å². The Morgan fingerprint density at radius 3 is 2.73 bits per heavy atom. The number of esters is 1. The van der Waals surface area contributed by atoms with Crippen molar-refractivity contribution >= 4 is 21.9 Å². The van der Waals surface area contributed by atoms with E-state index in [0.717, 1.165) is 6.07 Å². The van der Waals surface area contributed by atoms with E-state index < -0.39 is 11.8 Å². The Morgan fingerprint density at radius 1 is 1.53 bits per heavy atom. The number of halogens is 2. The molecule has 3 nitrogen and oxygen atoms in total. The molecule has 0 aliphatic heterocycles. The van der Waals surface area contributed by atoms with Gasteiger partial charge < -0.3 is 9.47 Å². The van der Waals surface area contributed by atoms with Crippen LogP contribution in [0.3, 0.4) is 0 Å². The lowest BCUT2D eigenvalue weighted by molar-refractivity contribution is 0.0519. The Morgan fingerprint density at radius 2 is 2.20 bits per heavy atom. The van der Waals surface area contributed by atoms with E-state index in [2.05, 4.69) is 15.9 Å². The molecule has 15 heavy (non-hydrogen) atoms. The minimum absolute atomic E-state index is 0.142. The fourth-order valence-electron chi connectivity index (χ4n) is 1.08. The molecular weight excluding hydrogens is 267 g/mol. The number of carbonyl (C=O) groups is 1. The lowest BCUT2D eigenvalue weighted by atomic mass is 10.2. The number of hydrogen-bond donors (Lipinski definition) is 0. The molecule has 0 saturated carbocycles. The van der Waals surface area contributed by atoms with Gasteiger partial charge in [-0.25, -0.2) is 9.18 Å². The number of rotatable bonds is 3. The molecule has 0 aliphatic carbocycles. The summed E-state index contributed by atoms with van der Waals surface area (Å²) in [5.74, 6) is -0.957. The zero-order valence-corrected chi connectivity index (χ0v) is 9.93. The zero-order chi connectivity index (χ0) is 11.4. The first-order valence-electron chi connectivity index (χ1n) is 4.31. The predicted octanol–water partition coefficient (Wildman–Crippen LogP) is 2.77. The van der Waals surface area contributed by atoms with E-state index >= 15 is 0 Å². The van der Waals surface area contributed by atoms with Gasteiger partial charge in [0.15, 0.2) is 0 Å². The molecule has 0 fully saturated rings. The summed E-state index contributed by atoms with van der Waals surface area (Å²) in [5, 5.41) is 0. The molecule has 0 amide bonds. The molecule has 0 unspecified atom stereocenters. The highest BCUT2D eigenvalue weighted by Gasteiger charge is 2.19. The third-order valence-electron chi connectivity index (χ3n) is 1.76. The van der Waals surface area contributed by atoms with Crippen LogP contribution in [0.4, 0.5) is 4.39 Å². The van der Waals surface area contributed by atoms with Crippen LogP contribution in [0.15, 0.2) is 16.6 Å². The third-order valence-corrected chi connectivity index (χ3v) is 2.54. The van der Waals surface area contributed by atoms with Crippen LogP contribution in [-0.4, -0.2) is 19.7 Å². The Balaban J connectivity index is 3.20. The van der Waals surface area contributed by atoms with Gasteiger partial charge in [-0.3, -0.25) is 0 Å². The second-order valence-electron chi connectivity index (χ2n) is 2.66. The molecule has 0 aromatic heterocycles. The van der Waals surface area contributed by atoms with Gasteiger partial charge in [-0.1, -0.05) is 0 Å². The maximum Gasteiger partial charge on any atom is 0.342 e. The Hall–Kier alpha value is -1.10. The fourth-order valence-corrected chi connectivity index (χ4v) is 1.73. The highest BCUT2D eigenvalue weighted by Crippen LogP contribution is 2.30. The average Bonchev–Trinajstić information content (AvgIpc) is 2.18. The maximum atomic E-state index is 13.4. The molecule has 5 heteroatoms. The van der Waals surface area contributed by atoms with Crippen molar-refractivity contribution in [2.45, 2.75) is 6.92 Å². The van der Waals surface area contributed by atoms with E-state index in [1.54, 1.807) is 6.92 Å². The maximum absolute atomic E-state index is 13.4. The molecule has 0 aliphatic rings. The lowest BCUT2D eigenvalue weighted by Crippen LogP contribution is -2.08. The van der Waals surface area contributed by atoms with Crippen LogP contribution in [0.25, 0.3) is 0 Å². The Labute approximate surface area is 95.3 Å². The van der Waals surface area contributed by atoms with Gasteiger partial charge in [-0.05, 0) is 35.0 Å². The Bertz CT molecular complexity index is 379. The molecule has 0 saturated heterocycles. The van der Waals surface area contributed by atoms with Crippen LogP contribution < -0.4 is 4.74 Å². The van der Waals surface area contributed by atoms with Crippen LogP contribution in [0, 0.1) is 5.82 Å². The largest absolute Gasteiger partial charge is 0.496 e. The van der Waals surface area contributed by atoms with Crippen molar-refractivity contribution in [1.29, 1.82) is 0 Å². The van der Waals surface area contributed by atoms with Crippen LogP contribution in [0.2, 0.25) is 0 Å². The van der Waals surface area contributed by atoms with Crippen molar-refractivity contribution in [2.75, 3.05) is 13.7 Å². The summed E-state index contributed by atoms with van der Waals surface area (Å²) in [4.78, 5) is 11.4. The minimum Gasteiger partial charge on any atom is -0.496 e. The van der Waals surface area contributed by atoms with Crippen molar-refractivity contribution < 1.29 is 18.7 Å². The number of hydrogen-bond acceptors (Lipinski definition) is 3. The van der Waals surface area contributed by atoms with Crippen LogP contribution in [0.5, 0.6) is 5.75 Å². The standard InChI is InChI=1S/C10H10BrFO3/c1-3-15-10(13)8-6(12)4-5-7(14-2)9(8)11/h4-5H,3H2,1-2H3. The molecular formula is C10H10BrFO3. The molecule has 82 valence electrons. The summed E-state index contributed by atoms with van der Waals surface area (Å²) >= 11 is 3.10. The second kappa shape index (κ2) is 5.11. The van der Waals surface area contributed by atoms with Gasteiger partial charge in [0.05, 0.1) is 18.2 Å². The van der Waals surface area contributed by atoms with Gasteiger partial charge in [0, 0.05) is 0 Å². The predicted molar refractivity (Wildman–Crippen MR) is 56.6 cm³/mol. The second-order valence-corrected chi connectivity index (χ2v) is 3.45. The first-order chi connectivity index (χ1) is 7.11. The number of ether oxygens (including phenoxy) is 2. The van der Waals surface area contributed by atoms with Gasteiger partial charge in [-0.2, -0.15) is 0 Å². The Kier molecular flexibility index (Phi) is 4.08. The molecule has 0 atom stereocenters. The SMILES string of the molecule is CCOC(=O)c1c(F)ccc(OC)c1Br. The molecule has 1 rings (SSSR count).